The van der Waals surface area contributed by atoms with Crippen LogP contribution in [0.25, 0.3) is 0 Å². The summed E-state index contributed by atoms with van der Waals surface area (Å²) in [5.74, 6) is -0.891. The van der Waals surface area contributed by atoms with E-state index in [1.807, 2.05) is 12.1 Å². The Kier molecular flexibility index (Phi) is 5.59. The van der Waals surface area contributed by atoms with Crippen molar-refractivity contribution < 1.29 is 23.9 Å². The first-order valence-corrected chi connectivity index (χ1v) is 8.54. The number of carbonyl (C=O) groups excluding carboxylic acids is 3. The van der Waals surface area contributed by atoms with Crippen molar-refractivity contribution in [1.29, 1.82) is 0 Å². The van der Waals surface area contributed by atoms with Gasteiger partial charge in [-0.15, -0.1) is 0 Å². The van der Waals surface area contributed by atoms with Gasteiger partial charge in [0.05, 0.1) is 7.11 Å². The Hall–Kier alpha value is -2.57. The minimum Gasteiger partial charge on any atom is -0.467 e. The lowest BCUT2D eigenvalue weighted by molar-refractivity contribution is -0.156. The molecule has 2 atom stereocenters. The van der Waals surface area contributed by atoms with Crippen LogP contribution in [0.4, 0.5) is 10.5 Å². The smallest absolute Gasteiger partial charge is 0.412 e. The van der Waals surface area contributed by atoms with Crippen LogP contribution in [0.3, 0.4) is 0 Å². The normalized spacial score (nSPS) is 22.0. The fraction of sp³-hybridized carbons (Fsp3) is 0.526. The second-order valence-corrected chi connectivity index (χ2v) is 7.48. The summed E-state index contributed by atoms with van der Waals surface area (Å²) < 4.78 is 10.1. The second kappa shape index (κ2) is 7.35. The zero-order valence-electron chi connectivity index (χ0n) is 15.8. The number of nitrogens with one attached hydrogen (secondary N) is 2. The van der Waals surface area contributed by atoms with Crippen LogP contribution < -0.4 is 10.6 Å². The Morgan fingerprint density at radius 1 is 1.15 bits per heavy atom. The van der Waals surface area contributed by atoms with Crippen molar-refractivity contribution in [2.45, 2.75) is 57.6 Å². The van der Waals surface area contributed by atoms with Gasteiger partial charge in [-0.05, 0) is 51.3 Å². The molecule has 142 valence electrons. The van der Waals surface area contributed by atoms with Crippen LogP contribution in [0.2, 0.25) is 0 Å². The van der Waals surface area contributed by atoms with E-state index in [0.29, 0.717) is 12.1 Å². The Labute approximate surface area is 153 Å². The van der Waals surface area contributed by atoms with Gasteiger partial charge in [-0.2, -0.15) is 0 Å². The molecule has 1 saturated carbocycles. The van der Waals surface area contributed by atoms with Crippen LogP contribution in [-0.2, 0) is 19.1 Å². The Morgan fingerprint density at radius 2 is 1.77 bits per heavy atom. The van der Waals surface area contributed by atoms with Gasteiger partial charge in [-0.25, -0.2) is 9.59 Å². The van der Waals surface area contributed by atoms with Crippen molar-refractivity contribution in [2.24, 2.45) is 0 Å². The van der Waals surface area contributed by atoms with E-state index in [1.54, 1.807) is 32.9 Å². The predicted molar refractivity (Wildman–Crippen MR) is 96.8 cm³/mol. The molecule has 0 unspecified atom stereocenters. The van der Waals surface area contributed by atoms with E-state index in [2.05, 4.69) is 10.6 Å². The van der Waals surface area contributed by atoms with Gasteiger partial charge in [0.25, 0.3) is 0 Å². The minimum absolute atomic E-state index is 0.172. The third-order valence-electron chi connectivity index (χ3n) is 4.33. The molecule has 1 fully saturated rings. The fourth-order valence-electron chi connectivity index (χ4n) is 3.19. The van der Waals surface area contributed by atoms with E-state index in [9.17, 15) is 14.4 Å². The van der Waals surface area contributed by atoms with Crippen molar-refractivity contribution >= 4 is 23.7 Å². The molecule has 1 aromatic carbocycles. The minimum atomic E-state index is -1.03. The number of carbonyl (C=O) groups is 3. The van der Waals surface area contributed by atoms with Crippen molar-refractivity contribution in [3.63, 3.8) is 0 Å². The van der Waals surface area contributed by atoms with E-state index < -0.39 is 23.2 Å². The molecule has 0 radical (unpaired) electrons. The van der Waals surface area contributed by atoms with E-state index in [-0.39, 0.29) is 11.8 Å². The van der Waals surface area contributed by atoms with Gasteiger partial charge in [-0.1, -0.05) is 12.1 Å². The van der Waals surface area contributed by atoms with Crippen molar-refractivity contribution in [1.82, 2.24) is 5.32 Å². The molecule has 26 heavy (non-hydrogen) atoms. The molecule has 0 aliphatic heterocycles. The summed E-state index contributed by atoms with van der Waals surface area (Å²) in [6.45, 7) is 6.76. The van der Waals surface area contributed by atoms with Gasteiger partial charge in [0.15, 0.2) is 0 Å². The maximum absolute atomic E-state index is 12.3. The molecule has 7 heteroatoms. The first-order chi connectivity index (χ1) is 12.1. The Balaban J connectivity index is 2.13. The quantitative estimate of drug-likeness (QED) is 0.803. The fourth-order valence-corrected chi connectivity index (χ4v) is 3.19. The first-order valence-electron chi connectivity index (χ1n) is 8.54. The second-order valence-electron chi connectivity index (χ2n) is 7.48. The number of hydrogen-bond acceptors (Lipinski definition) is 5. The number of anilines is 1. The number of methoxy groups -OCH3 is 1. The highest BCUT2D eigenvalue weighted by molar-refractivity contribution is 5.90. The third-order valence-corrected chi connectivity index (χ3v) is 4.33. The number of amides is 2. The molecule has 2 amide bonds. The van der Waals surface area contributed by atoms with E-state index in [1.165, 1.54) is 14.0 Å². The molecular weight excluding hydrogens is 336 g/mol. The number of esters is 1. The monoisotopic (exact) mass is 362 g/mol. The molecule has 0 spiro atoms. The van der Waals surface area contributed by atoms with Crippen LogP contribution in [0.1, 0.15) is 52.0 Å². The number of hydrogen-bond donors (Lipinski definition) is 2. The highest BCUT2D eigenvalue weighted by Crippen LogP contribution is 2.47. The average molecular weight is 362 g/mol. The molecule has 1 aliphatic carbocycles. The molecule has 7 nitrogen and oxygen atoms in total. The van der Waals surface area contributed by atoms with E-state index in [0.717, 1.165) is 12.0 Å². The molecule has 0 saturated heterocycles. The third kappa shape index (κ3) is 4.33. The highest BCUT2D eigenvalue weighted by atomic mass is 16.6. The van der Waals surface area contributed by atoms with Crippen LogP contribution in [-0.4, -0.2) is 36.2 Å². The lowest BCUT2D eigenvalue weighted by Crippen LogP contribution is -2.63. The van der Waals surface area contributed by atoms with Crippen molar-refractivity contribution in [3.8, 4) is 0 Å². The summed E-state index contributed by atoms with van der Waals surface area (Å²) in [7, 11) is 1.31. The molecule has 0 aromatic heterocycles. The lowest BCUT2D eigenvalue weighted by atomic mass is 9.63. The largest absolute Gasteiger partial charge is 0.467 e. The predicted octanol–water partition coefficient (Wildman–Crippen LogP) is 2.96. The Morgan fingerprint density at radius 3 is 2.19 bits per heavy atom. The first kappa shape index (κ1) is 19.8. The molecule has 1 aromatic rings. The molecule has 2 rings (SSSR count). The van der Waals surface area contributed by atoms with Crippen LogP contribution >= 0.6 is 0 Å². The van der Waals surface area contributed by atoms with Crippen LogP contribution in [0.5, 0.6) is 0 Å². The Bertz CT molecular complexity index is 693. The highest BCUT2D eigenvalue weighted by Gasteiger charge is 2.55. The van der Waals surface area contributed by atoms with Crippen molar-refractivity contribution in [2.75, 3.05) is 12.4 Å². The maximum atomic E-state index is 12.3. The van der Waals surface area contributed by atoms with Gasteiger partial charge in [0.2, 0.25) is 5.91 Å². The summed E-state index contributed by atoms with van der Waals surface area (Å²) >= 11 is 0. The molecule has 2 N–H and O–H groups in total. The lowest BCUT2D eigenvalue weighted by Gasteiger charge is -2.47. The SMILES string of the molecule is COC(=O)[C@@]1(NC(C)=O)CC[C@@H]1c1ccc(NC(=O)OC(C)(C)C)cc1. The summed E-state index contributed by atoms with van der Waals surface area (Å²) in [5.41, 5.74) is -0.120. The summed E-state index contributed by atoms with van der Waals surface area (Å²) in [4.78, 5) is 35.7. The standard InChI is InChI=1S/C19H26N2O5/c1-12(22)21-19(16(23)25-5)11-10-15(19)13-6-8-14(9-7-13)20-17(24)26-18(2,3)4/h6-9,15H,10-11H2,1-5H3,(H,20,24)(H,21,22)/t15-,19-/m1/s1. The van der Waals surface area contributed by atoms with Crippen LogP contribution in [0, 0.1) is 0 Å². The molecule has 1 aliphatic rings. The van der Waals surface area contributed by atoms with E-state index >= 15 is 0 Å². The maximum Gasteiger partial charge on any atom is 0.412 e. The van der Waals surface area contributed by atoms with Gasteiger partial charge in [0.1, 0.15) is 11.1 Å². The summed E-state index contributed by atoms with van der Waals surface area (Å²) in [6.07, 6.45) is 0.756. The zero-order valence-corrected chi connectivity index (χ0v) is 15.8. The van der Waals surface area contributed by atoms with Gasteiger partial charge in [-0.3, -0.25) is 10.1 Å². The molecule has 0 heterocycles. The number of benzene rings is 1. The van der Waals surface area contributed by atoms with Crippen LogP contribution in [0.15, 0.2) is 24.3 Å². The number of ether oxygens (including phenoxy) is 2. The zero-order chi connectivity index (χ0) is 19.5. The van der Waals surface area contributed by atoms with Gasteiger partial charge < -0.3 is 14.8 Å². The number of rotatable bonds is 4. The van der Waals surface area contributed by atoms with Gasteiger partial charge in [0, 0.05) is 18.5 Å². The topological polar surface area (TPSA) is 93.7 Å². The summed E-state index contributed by atoms with van der Waals surface area (Å²) in [6, 6.07) is 7.15. The average Bonchev–Trinajstić information content (AvgIpc) is 2.50. The van der Waals surface area contributed by atoms with E-state index in [4.69, 9.17) is 9.47 Å². The van der Waals surface area contributed by atoms with Crippen molar-refractivity contribution in [3.05, 3.63) is 29.8 Å². The van der Waals surface area contributed by atoms with Gasteiger partial charge >= 0.3 is 12.1 Å². The summed E-state index contributed by atoms with van der Waals surface area (Å²) in [5, 5.41) is 5.43. The molecular formula is C19H26N2O5. The molecule has 0 bridgehead atoms.